The topological polar surface area (TPSA) is 65.2 Å². The number of hydrogen-bond acceptors (Lipinski definition) is 3. The Balaban J connectivity index is 1.49. The van der Waals surface area contributed by atoms with Crippen LogP contribution in [0.1, 0.15) is 28.8 Å². The number of likely N-dealkylation sites (tertiary alicyclic amines) is 1. The van der Waals surface area contributed by atoms with E-state index in [2.05, 4.69) is 39.5 Å². The average molecular weight is 311 g/mol. The van der Waals surface area contributed by atoms with Gasteiger partial charge in [0.05, 0.1) is 0 Å². The van der Waals surface area contributed by atoms with Crippen LogP contribution in [0.15, 0.2) is 53.5 Å². The molecular formula is C18H21N3O2. The zero-order chi connectivity index (χ0) is 16.1. The van der Waals surface area contributed by atoms with Crippen LogP contribution >= 0.6 is 0 Å². The Kier molecular flexibility index (Phi) is 4.88. The number of H-pyrrole nitrogens is 1. The van der Waals surface area contributed by atoms with Crippen molar-refractivity contribution in [1.29, 1.82) is 0 Å². The van der Waals surface area contributed by atoms with Crippen LogP contribution in [0, 0.1) is 0 Å². The summed E-state index contributed by atoms with van der Waals surface area (Å²) in [5.74, 6) is -0.169. The molecule has 2 heterocycles. The molecule has 1 aliphatic rings. The predicted molar refractivity (Wildman–Crippen MR) is 89.3 cm³/mol. The third-order valence-electron chi connectivity index (χ3n) is 4.21. The lowest BCUT2D eigenvalue weighted by Crippen LogP contribution is -2.44. The summed E-state index contributed by atoms with van der Waals surface area (Å²) in [6.07, 6.45) is 3.36. The third-order valence-corrected chi connectivity index (χ3v) is 4.21. The van der Waals surface area contributed by atoms with Crippen molar-refractivity contribution >= 4 is 5.91 Å². The molecule has 5 nitrogen and oxygen atoms in total. The highest BCUT2D eigenvalue weighted by Gasteiger charge is 2.21. The number of nitrogens with one attached hydrogen (secondary N) is 2. The largest absolute Gasteiger partial charge is 0.349 e. The molecule has 120 valence electrons. The normalized spacial score (nSPS) is 16.2. The molecule has 1 aromatic carbocycles. The van der Waals surface area contributed by atoms with Crippen LogP contribution in [0.2, 0.25) is 0 Å². The summed E-state index contributed by atoms with van der Waals surface area (Å²) in [7, 11) is 0. The van der Waals surface area contributed by atoms with Crippen LogP contribution in [0.25, 0.3) is 0 Å². The fourth-order valence-electron chi connectivity index (χ4n) is 2.93. The molecule has 1 fully saturated rings. The van der Waals surface area contributed by atoms with E-state index in [1.54, 1.807) is 6.07 Å². The molecule has 1 aromatic heterocycles. The lowest BCUT2D eigenvalue weighted by atomic mass is 10.0. The van der Waals surface area contributed by atoms with Gasteiger partial charge in [0.25, 0.3) is 5.91 Å². The molecule has 1 amide bonds. The van der Waals surface area contributed by atoms with Gasteiger partial charge in [-0.3, -0.25) is 14.5 Å². The molecule has 0 aliphatic carbocycles. The van der Waals surface area contributed by atoms with Gasteiger partial charge < -0.3 is 10.3 Å². The van der Waals surface area contributed by atoms with Gasteiger partial charge in [-0.15, -0.1) is 0 Å². The summed E-state index contributed by atoms with van der Waals surface area (Å²) in [5, 5.41) is 3.03. The number of pyridine rings is 1. The monoisotopic (exact) mass is 311 g/mol. The van der Waals surface area contributed by atoms with Crippen molar-refractivity contribution in [2.24, 2.45) is 0 Å². The van der Waals surface area contributed by atoms with Crippen LogP contribution in [0.4, 0.5) is 0 Å². The molecule has 0 radical (unpaired) electrons. The zero-order valence-corrected chi connectivity index (χ0v) is 13.0. The Morgan fingerprint density at radius 3 is 2.61 bits per heavy atom. The molecule has 3 rings (SSSR count). The summed E-state index contributed by atoms with van der Waals surface area (Å²) in [6, 6.07) is 13.6. The maximum absolute atomic E-state index is 12.2. The minimum absolute atomic E-state index is 0.169. The van der Waals surface area contributed by atoms with Crippen molar-refractivity contribution in [2.45, 2.75) is 25.4 Å². The fraction of sp³-hybridized carbons (Fsp3) is 0.333. The lowest BCUT2D eigenvalue weighted by Gasteiger charge is -2.32. The fourth-order valence-corrected chi connectivity index (χ4v) is 2.93. The van der Waals surface area contributed by atoms with Gasteiger partial charge in [-0.05, 0) is 24.5 Å². The molecule has 5 heteroatoms. The molecule has 0 spiro atoms. The van der Waals surface area contributed by atoms with Gasteiger partial charge in [0, 0.05) is 43.5 Å². The number of piperidine rings is 1. The van der Waals surface area contributed by atoms with Gasteiger partial charge in [0.1, 0.15) is 0 Å². The number of nitrogens with zero attached hydrogens (tertiary/aromatic N) is 1. The Morgan fingerprint density at radius 1 is 1.17 bits per heavy atom. The summed E-state index contributed by atoms with van der Waals surface area (Å²) in [6.45, 7) is 2.89. The number of carbonyl (C=O) groups excluding carboxylic acids is 1. The Bertz CT molecular complexity index is 703. The Morgan fingerprint density at radius 2 is 1.91 bits per heavy atom. The van der Waals surface area contributed by atoms with Gasteiger partial charge in [0.15, 0.2) is 0 Å². The second-order valence-corrected chi connectivity index (χ2v) is 5.95. The smallest absolute Gasteiger partial charge is 0.251 e. The van der Waals surface area contributed by atoms with E-state index in [0.717, 1.165) is 32.5 Å². The summed E-state index contributed by atoms with van der Waals surface area (Å²) in [4.78, 5) is 28.3. The van der Waals surface area contributed by atoms with Gasteiger partial charge in [0.2, 0.25) is 5.56 Å². The van der Waals surface area contributed by atoms with Crippen LogP contribution < -0.4 is 10.9 Å². The summed E-state index contributed by atoms with van der Waals surface area (Å²) >= 11 is 0. The van der Waals surface area contributed by atoms with E-state index in [-0.39, 0.29) is 17.5 Å². The number of amides is 1. The van der Waals surface area contributed by atoms with E-state index in [1.807, 2.05) is 6.07 Å². The van der Waals surface area contributed by atoms with Crippen LogP contribution in [-0.4, -0.2) is 34.9 Å². The minimum atomic E-state index is -0.254. The molecule has 1 aliphatic heterocycles. The van der Waals surface area contributed by atoms with Crippen molar-refractivity contribution in [2.75, 3.05) is 13.1 Å². The Hall–Kier alpha value is -2.40. The van der Waals surface area contributed by atoms with E-state index in [9.17, 15) is 9.59 Å². The highest BCUT2D eigenvalue weighted by Crippen LogP contribution is 2.14. The first-order chi connectivity index (χ1) is 11.2. The third kappa shape index (κ3) is 4.29. The Labute approximate surface area is 135 Å². The number of aromatic amines is 1. The second kappa shape index (κ2) is 7.24. The van der Waals surface area contributed by atoms with Crippen molar-refractivity contribution < 1.29 is 4.79 Å². The first-order valence-electron chi connectivity index (χ1n) is 7.96. The molecule has 0 unspecified atom stereocenters. The quantitative estimate of drug-likeness (QED) is 0.904. The van der Waals surface area contributed by atoms with E-state index in [0.29, 0.717) is 5.56 Å². The van der Waals surface area contributed by atoms with Crippen molar-refractivity contribution in [3.63, 3.8) is 0 Å². The average Bonchev–Trinajstić information content (AvgIpc) is 2.57. The van der Waals surface area contributed by atoms with Crippen molar-refractivity contribution in [1.82, 2.24) is 15.2 Å². The maximum atomic E-state index is 12.2. The van der Waals surface area contributed by atoms with Crippen molar-refractivity contribution in [3.05, 3.63) is 70.1 Å². The molecule has 23 heavy (non-hydrogen) atoms. The lowest BCUT2D eigenvalue weighted by molar-refractivity contribution is 0.0908. The molecule has 1 saturated heterocycles. The highest BCUT2D eigenvalue weighted by atomic mass is 16.2. The van der Waals surface area contributed by atoms with Gasteiger partial charge in [-0.2, -0.15) is 0 Å². The van der Waals surface area contributed by atoms with Crippen LogP contribution in [0.3, 0.4) is 0 Å². The maximum Gasteiger partial charge on any atom is 0.251 e. The zero-order valence-electron chi connectivity index (χ0n) is 13.0. The van der Waals surface area contributed by atoms with E-state index >= 15 is 0 Å². The van der Waals surface area contributed by atoms with E-state index in [4.69, 9.17) is 0 Å². The summed E-state index contributed by atoms with van der Waals surface area (Å²) in [5.41, 5.74) is 1.48. The predicted octanol–water partition coefficient (Wildman–Crippen LogP) is 1.77. The van der Waals surface area contributed by atoms with E-state index < -0.39 is 0 Å². The van der Waals surface area contributed by atoms with Crippen LogP contribution in [-0.2, 0) is 6.54 Å². The number of aromatic nitrogens is 1. The molecule has 0 bridgehead atoms. The molecule has 0 atom stereocenters. The van der Waals surface area contributed by atoms with E-state index in [1.165, 1.54) is 17.8 Å². The second-order valence-electron chi connectivity index (χ2n) is 5.95. The van der Waals surface area contributed by atoms with Crippen molar-refractivity contribution in [3.8, 4) is 0 Å². The number of hydrogen-bond donors (Lipinski definition) is 2. The van der Waals surface area contributed by atoms with Gasteiger partial charge in [-0.1, -0.05) is 30.3 Å². The number of carbonyl (C=O) groups is 1. The first-order valence-corrected chi connectivity index (χ1v) is 7.96. The molecule has 2 N–H and O–H groups in total. The van der Waals surface area contributed by atoms with Gasteiger partial charge in [-0.25, -0.2) is 0 Å². The molecule has 2 aromatic rings. The van der Waals surface area contributed by atoms with Gasteiger partial charge >= 0.3 is 0 Å². The number of rotatable bonds is 4. The SMILES string of the molecule is O=C(NC1CCN(Cc2ccccc2)CC1)c1cc[nH]c(=O)c1. The molecule has 0 saturated carbocycles. The molecular weight excluding hydrogens is 290 g/mol. The first kappa shape index (κ1) is 15.5. The summed E-state index contributed by atoms with van der Waals surface area (Å²) < 4.78 is 0. The minimum Gasteiger partial charge on any atom is -0.349 e. The standard InChI is InChI=1S/C18H21N3O2/c22-17-12-15(6-9-19-17)18(23)20-16-7-10-21(11-8-16)13-14-4-2-1-3-5-14/h1-6,9,12,16H,7-8,10-11,13H2,(H,19,22)(H,20,23). The highest BCUT2D eigenvalue weighted by molar-refractivity contribution is 5.94. The van der Waals surface area contributed by atoms with Crippen LogP contribution in [0.5, 0.6) is 0 Å². The number of benzene rings is 1.